The summed E-state index contributed by atoms with van der Waals surface area (Å²) in [5, 5.41) is 2.26. The zero-order valence-electron chi connectivity index (χ0n) is 6.48. The number of quaternary nitrogens is 1. The van der Waals surface area contributed by atoms with Gasteiger partial charge in [0.2, 0.25) is 0 Å². The number of ether oxygens (including phenoxy) is 1. The van der Waals surface area contributed by atoms with E-state index in [9.17, 15) is 0 Å². The Morgan fingerprint density at radius 2 is 1.89 bits per heavy atom. The van der Waals surface area contributed by atoms with E-state index in [0.717, 1.165) is 13.1 Å². The molecule has 0 aliphatic carbocycles. The van der Waals surface area contributed by atoms with Crippen LogP contribution in [0.4, 0.5) is 0 Å². The fraction of sp³-hybridized carbons (Fsp3) is 1.00. The topological polar surface area (TPSA) is 25.8 Å². The zero-order chi connectivity index (χ0) is 6.91. The Labute approximate surface area is 56.6 Å². The van der Waals surface area contributed by atoms with Crippen LogP contribution in [0.2, 0.25) is 0 Å². The van der Waals surface area contributed by atoms with Crippen LogP contribution < -0.4 is 5.32 Å². The second-order valence-corrected chi connectivity index (χ2v) is 3.61. The maximum atomic E-state index is 5.64. The number of rotatable bonds is 1. The average Bonchev–Trinajstić information content (AvgIpc) is 1.53. The monoisotopic (exact) mass is 130 g/mol. The van der Waals surface area contributed by atoms with Crippen LogP contribution >= 0.6 is 0 Å². The van der Waals surface area contributed by atoms with E-state index in [-0.39, 0.29) is 5.60 Å². The van der Waals surface area contributed by atoms with Gasteiger partial charge in [0.05, 0.1) is 5.60 Å². The summed E-state index contributed by atoms with van der Waals surface area (Å²) >= 11 is 0. The Morgan fingerprint density at radius 3 is 2.00 bits per heavy atom. The van der Waals surface area contributed by atoms with Gasteiger partial charge < -0.3 is 10.1 Å². The van der Waals surface area contributed by atoms with Gasteiger partial charge in [-0.3, -0.25) is 0 Å². The lowest BCUT2D eigenvalue weighted by Crippen LogP contribution is -2.98. The molecule has 0 aromatic rings. The van der Waals surface area contributed by atoms with E-state index in [1.54, 1.807) is 0 Å². The first-order chi connectivity index (χ1) is 4.08. The lowest BCUT2D eigenvalue weighted by Gasteiger charge is -2.30. The van der Waals surface area contributed by atoms with Crippen molar-refractivity contribution in [3.8, 4) is 0 Å². The highest BCUT2D eigenvalue weighted by Crippen LogP contribution is 2.10. The molecule has 2 nitrogen and oxygen atoms in total. The van der Waals surface area contributed by atoms with Crippen molar-refractivity contribution in [2.75, 3.05) is 13.1 Å². The van der Waals surface area contributed by atoms with Crippen molar-refractivity contribution in [2.24, 2.45) is 0 Å². The van der Waals surface area contributed by atoms with Crippen LogP contribution in [0.3, 0.4) is 0 Å². The minimum Gasteiger partial charge on any atom is -0.361 e. The predicted octanol–water partition coefficient (Wildman–Crippen LogP) is -0.253. The van der Waals surface area contributed by atoms with Crippen molar-refractivity contribution in [3.05, 3.63) is 0 Å². The maximum Gasteiger partial charge on any atom is 0.155 e. The summed E-state index contributed by atoms with van der Waals surface area (Å²) in [5.74, 6) is 0. The minimum absolute atomic E-state index is 0.0545. The third-order valence-electron chi connectivity index (χ3n) is 1.38. The van der Waals surface area contributed by atoms with Gasteiger partial charge in [0.25, 0.3) is 0 Å². The van der Waals surface area contributed by atoms with Gasteiger partial charge in [-0.2, -0.15) is 0 Å². The molecule has 0 aromatic carbocycles. The van der Waals surface area contributed by atoms with E-state index in [0.29, 0.717) is 6.10 Å². The molecular weight excluding hydrogens is 114 g/mol. The quantitative estimate of drug-likeness (QED) is 0.520. The standard InChI is InChI=1S/C7H15NO/c1-7(2,3)9-6-4-8-5-6/h6,8H,4-5H2,1-3H3/p+1. The SMILES string of the molecule is CC(C)(C)OC1C[NH2+]C1. The summed E-state index contributed by atoms with van der Waals surface area (Å²) in [5.41, 5.74) is 0.0545. The number of hydrogen-bond donors (Lipinski definition) is 1. The van der Waals surface area contributed by atoms with E-state index in [2.05, 4.69) is 26.1 Å². The highest BCUT2D eigenvalue weighted by atomic mass is 16.5. The van der Waals surface area contributed by atoms with Gasteiger partial charge in [-0.15, -0.1) is 0 Å². The fourth-order valence-corrected chi connectivity index (χ4v) is 0.899. The first kappa shape index (κ1) is 7.03. The molecule has 0 spiro atoms. The van der Waals surface area contributed by atoms with Crippen LogP contribution in [0.1, 0.15) is 20.8 Å². The van der Waals surface area contributed by atoms with Crippen molar-refractivity contribution < 1.29 is 10.1 Å². The minimum atomic E-state index is 0.0545. The van der Waals surface area contributed by atoms with Crippen molar-refractivity contribution in [3.63, 3.8) is 0 Å². The number of hydrogen-bond acceptors (Lipinski definition) is 1. The first-order valence-electron chi connectivity index (χ1n) is 3.57. The molecule has 2 heteroatoms. The first-order valence-corrected chi connectivity index (χ1v) is 3.57. The Morgan fingerprint density at radius 1 is 1.33 bits per heavy atom. The average molecular weight is 130 g/mol. The molecule has 1 fully saturated rings. The van der Waals surface area contributed by atoms with Gasteiger partial charge in [0.1, 0.15) is 13.1 Å². The highest BCUT2D eigenvalue weighted by Gasteiger charge is 2.27. The van der Waals surface area contributed by atoms with Gasteiger partial charge in [-0.05, 0) is 20.8 Å². The van der Waals surface area contributed by atoms with E-state index in [1.165, 1.54) is 0 Å². The van der Waals surface area contributed by atoms with E-state index >= 15 is 0 Å². The van der Waals surface area contributed by atoms with Gasteiger partial charge in [-0.1, -0.05) is 0 Å². The van der Waals surface area contributed by atoms with E-state index < -0.39 is 0 Å². The molecule has 0 aromatic heterocycles. The smallest absolute Gasteiger partial charge is 0.155 e. The predicted molar refractivity (Wildman–Crippen MR) is 36.3 cm³/mol. The molecule has 54 valence electrons. The van der Waals surface area contributed by atoms with Crippen LogP contribution in [0.5, 0.6) is 0 Å². The van der Waals surface area contributed by atoms with Gasteiger partial charge in [0.15, 0.2) is 6.10 Å². The molecule has 0 atom stereocenters. The Hall–Kier alpha value is -0.0800. The molecule has 0 amide bonds. The van der Waals surface area contributed by atoms with Gasteiger partial charge >= 0.3 is 0 Å². The van der Waals surface area contributed by atoms with Crippen LogP contribution in [-0.4, -0.2) is 24.8 Å². The molecule has 2 N–H and O–H groups in total. The van der Waals surface area contributed by atoms with Crippen LogP contribution in [-0.2, 0) is 4.74 Å². The third kappa shape index (κ3) is 2.33. The Kier molecular flexibility index (Phi) is 1.78. The molecule has 0 radical (unpaired) electrons. The molecule has 1 aliphatic heterocycles. The van der Waals surface area contributed by atoms with Crippen molar-refractivity contribution >= 4 is 0 Å². The summed E-state index contributed by atoms with van der Waals surface area (Å²) in [4.78, 5) is 0. The summed E-state index contributed by atoms with van der Waals surface area (Å²) in [6.45, 7) is 8.61. The van der Waals surface area contributed by atoms with Gasteiger partial charge in [-0.25, -0.2) is 0 Å². The Balaban J connectivity index is 2.16. The Bertz CT molecular complexity index is 91.6. The fourth-order valence-electron chi connectivity index (χ4n) is 0.899. The molecule has 0 saturated carbocycles. The molecule has 0 unspecified atom stereocenters. The van der Waals surface area contributed by atoms with E-state index in [1.807, 2.05) is 0 Å². The normalized spacial score (nSPS) is 21.7. The van der Waals surface area contributed by atoms with Gasteiger partial charge in [0, 0.05) is 0 Å². The summed E-state index contributed by atoms with van der Waals surface area (Å²) < 4.78 is 5.64. The second-order valence-electron chi connectivity index (χ2n) is 3.61. The van der Waals surface area contributed by atoms with Crippen molar-refractivity contribution in [1.29, 1.82) is 0 Å². The summed E-state index contributed by atoms with van der Waals surface area (Å²) in [6, 6.07) is 0. The molecule has 1 saturated heterocycles. The number of nitrogens with two attached hydrogens (primary N) is 1. The van der Waals surface area contributed by atoms with Crippen LogP contribution in [0.25, 0.3) is 0 Å². The highest BCUT2D eigenvalue weighted by molar-refractivity contribution is 4.67. The third-order valence-corrected chi connectivity index (χ3v) is 1.38. The molecule has 1 rings (SSSR count). The largest absolute Gasteiger partial charge is 0.361 e. The summed E-state index contributed by atoms with van der Waals surface area (Å²) in [7, 11) is 0. The van der Waals surface area contributed by atoms with E-state index in [4.69, 9.17) is 4.74 Å². The molecule has 9 heavy (non-hydrogen) atoms. The van der Waals surface area contributed by atoms with Crippen molar-refractivity contribution in [1.82, 2.24) is 0 Å². The molecule has 0 bridgehead atoms. The zero-order valence-corrected chi connectivity index (χ0v) is 6.48. The second kappa shape index (κ2) is 2.27. The lowest BCUT2D eigenvalue weighted by molar-refractivity contribution is -0.726. The maximum absolute atomic E-state index is 5.64. The summed E-state index contributed by atoms with van der Waals surface area (Å²) in [6.07, 6.45) is 0.519. The molecular formula is C7H16NO+. The van der Waals surface area contributed by atoms with Crippen LogP contribution in [0.15, 0.2) is 0 Å². The molecule has 1 aliphatic rings. The molecule has 1 heterocycles. The van der Waals surface area contributed by atoms with Crippen molar-refractivity contribution in [2.45, 2.75) is 32.5 Å². The van der Waals surface area contributed by atoms with Crippen LogP contribution in [0, 0.1) is 0 Å². The lowest BCUT2D eigenvalue weighted by atomic mass is 10.1.